The Morgan fingerprint density at radius 3 is 2.52 bits per heavy atom. The Labute approximate surface area is 217 Å². The number of hydrogen-bond donors (Lipinski definition) is 3. The number of aromatic amines is 1. The van der Waals surface area contributed by atoms with Crippen molar-refractivity contribution in [3.63, 3.8) is 0 Å². The summed E-state index contributed by atoms with van der Waals surface area (Å²) in [4.78, 5) is 13.3. The number of piperidine rings is 2. The third-order valence-corrected chi connectivity index (χ3v) is 7.71. The molecular weight excluding hydrogens is 523 g/mol. The number of nitrogens with one attached hydrogen (secondary N) is 3. The van der Waals surface area contributed by atoms with Gasteiger partial charge in [0.05, 0.1) is 0 Å². The molecule has 3 N–H and O–H groups in total. The molecule has 0 amide bonds. The lowest BCUT2D eigenvalue weighted by Gasteiger charge is -2.50. The number of hydrogen-bond acceptors (Lipinski definition) is 3. The first kappa shape index (κ1) is 26.3. The Hall–Kier alpha value is -1.32. The first-order valence-electron chi connectivity index (χ1n) is 12.6. The maximum Gasteiger partial charge on any atom is 0.191 e. The molecule has 2 saturated heterocycles. The Morgan fingerprint density at radius 2 is 1.82 bits per heavy atom. The summed E-state index contributed by atoms with van der Waals surface area (Å²) in [6.45, 7) is 8.94. The number of halogens is 1. The number of fused-ring (bicyclic) bond motifs is 1. The topological polar surface area (TPSA) is 58.7 Å². The molecule has 1 aromatic heterocycles. The Balaban J connectivity index is 0.00000306. The molecule has 0 atom stereocenters. The number of H-pyrrole nitrogens is 1. The fourth-order valence-corrected chi connectivity index (χ4v) is 5.57. The fourth-order valence-electron chi connectivity index (χ4n) is 5.57. The van der Waals surface area contributed by atoms with Gasteiger partial charge in [0.1, 0.15) is 0 Å². The van der Waals surface area contributed by atoms with Crippen LogP contribution < -0.4 is 10.6 Å². The molecule has 7 heteroatoms. The lowest BCUT2D eigenvalue weighted by Crippen LogP contribution is -2.62. The number of benzene rings is 1. The molecule has 33 heavy (non-hydrogen) atoms. The summed E-state index contributed by atoms with van der Waals surface area (Å²) < 4.78 is 0. The van der Waals surface area contributed by atoms with Crippen LogP contribution in [0.3, 0.4) is 0 Å². The van der Waals surface area contributed by atoms with Crippen molar-refractivity contribution < 1.29 is 0 Å². The van der Waals surface area contributed by atoms with Crippen LogP contribution >= 0.6 is 24.0 Å². The van der Waals surface area contributed by atoms with E-state index < -0.39 is 0 Å². The van der Waals surface area contributed by atoms with E-state index in [1.807, 2.05) is 7.05 Å². The largest absolute Gasteiger partial charge is 0.361 e. The van der Waals surface area contributed by atoms with Gasteiger partial charge in [0.2, 0.25) is 0 Å². The minimum absolute atomic E-state index is 0. The third-order valence-electron chi connectivity index (χ3n) is 7.71. The van der Waals surface area contributed by atoms with Gasteiger partial charge in [-0.2, -0.15) is 0 Å². The number of para-hydroxylation sites is 1. The molecule has 0 bridgehead atoms. The Morgan fingerprint density at radius 1 is 1.06 bits per heavy atom. The van der Waals surface area contributed by atoms with Crippen molar-refractivity contribution in [3.05, 3.63) is 35.5 Å². The summed E-state index contributed by atoms with van der Waals surface area (Å²) in [5, 5.41) is 8.62. The van der Waals surface area contributed by atoms with E-state index in [0.717, 1.165) is 31.9 Å². The number of aliphatic imine (C=N–C) groups is 1. The van der Waals surface area contributed by atoms with Gasteiger partial charge in [-0.15, -0.1) is 24.0 Å². The zero-order valence-corrected chi connectivity index (χ0v) is 23.1. The molecule has 2 aromatic rings. The quantitative estimate of drug-likeness (QED) is 0.270. The lowest BCUT2D eigenvalue weighted by molar-refractivity contribution is 0.0173. The van der Waals surface area contributed by atoms with E-state index in [-0.39, 0.29) is 29.5 Å². The molecule has 4 rings (SSSR count). The second kappa shape index (κ2) is 12.4. The van der Waals surface area contributed by atoms with Crippen LogP contribution in [-0.4, -0.2) is 79.6 Å². The van der Waals surface area contributed by atoms with Crippen LogP contribution in [-0.2, 0) is 12.8 Å². The van der Waals surface area contributed by atoms with Gasteiger partial charge in [-0.25, -0.2) is 0 Å². The van der Waals surface area contributed by atoms with E-state index >= 15 is 0 Å². The van der Waals surface area contributed by atoms with Gasteiger partial charge in [-0.3, -0.25) is 9.89 Å². The van der Waals surface area contributed by atoms with E-state index in [0.29, 0.717) is 0 Å². The molecule has 2 aliphatic rings. The highest BCUT2D eigenvalue weighted by atomic mass is 127. The van der Waals surface area contributed by atoms with E-state index in [2.05, 4.69) is 68.8 Å². The van der Waals surface area contributed by atoms with Crippen molar-refractivity contribution in [1.82, 2.24) is 25.4 Å². The maximum atomic E-state index is 4.53. The number of guanidine groups is 1. The van der Waals surface area contributed by atoms with Crippen molar-refractivity contribution in [3.8, 4) is 0 Å². The number of likely N-dealkylation sites (tertiary alicyclic amines) is 2. The van der Waals surface area contributed by atoms with Gasteiger partial charge >= 0.3 is 0 Å². The van der Waals surface area contributed by atoms with E-state index in [4.69, 9.17) is 0 Å². The molecule has 2 aliphatic heterocycles. The standard InChI is InChI=1S/C26H42N6.HI/c1-4-21-9-8-10-23-22(19-29-24(21)23)11-14-28-25(27-2)30-20-26(12-17-31(3)18-13-26)32-15-6-5-7-16-32;/h8-10,19,29H,4-7,11-18,20H2,1-3H3,(H2,27,28,30);1H. The molecule has 6 nitrogen and oxygen atoms in total. The van der Waals surface area contributed by atoms with Crippen LogP contribution in [0.25, 0.3) is 10.9 Å². The Kier molecular flexibility index (Phi) is 9.88. The molecule has 0 radical (unpaired) electrons. The highest BCUT2D eigenvalue weighted by molar-refractivity contribution is 14.0. The maximum absolute atomic E-state index is 4.53. The molecule has 0 saturated carbocycles. The van der Waals surface area contributed by atoms with Crippen molar-refractivity contribution in [2.24, 2.45) is 4.99 Å². The number of nitrogens with zero attached hydrogens (tertiary/aromatic N) is 3. The number of aryl methyl sites for hydroxylation is 1. The van der Waals surface area contributed by atoms with Crippen molar-refractivity contribution >= 4 is 40.8 Å². The van der Waals surface area contributed by atoms with Crippen LogP contribution in [0.2, 0.25) is 0 Å². The van der Waals surface area contributed by atoms with Crippen LogP contribution in [0.5, 0.6) is 0 Å². The number of aromatic nitrogens is 1. The summed E-state index contributed by atoms with van der Waals surface area (Å²) in [7, 11) is 4.14. The van der Waals surface area contributed by atoms with E-state index in [1.54, 1.807) is 0 Å². The molecule has 0 spiro atoms. The molecule has 2 fully saturated rings. The fraction of sp³-hybridized carbons (Fsp3) is 0.654. The van der Waals surface area contributed by atoms with Gasteiger partial charge in [0.25, 0.3) is 0 Å². The van der Waals surface area contributed by atoms with Crippen LogP contribution in [0.15, 0.2) is 29.4 Å². The molecule has 0 aliphatic carbocycles. The zero-order chi connectivity index (χ0) is 22.4. The third kappa shape index (κ3) is 6.22. The first-order valence-corrected chi connectivity index (χ1v) is 12.6. The summed E-state index contributed by atoms with van der Waals surface area (Å²) in [6.07, 6.45) is 10.8. The van der Waals surface area contributed by atoms with E-state index in [1.165, 1.54) is 80.3 Å². The minimum Gasteiger partial charge on any atom is -0.361 e. The predicted molar refractivity (Wildman–Crippen MR) is 151 cm³/mol. The highest BCUT2D eigenvalue weighted by Crippen LogP contribution is 2.31. The molecule has 1 aromatic carbocycles. The smallest absolute Gasteiger partial charge is 0.191 e. The van der Waals surface area contributed by atoms with Crippen molar-refractivity contribution in [1.29, 1.82) is 0 Å². The lowest BCUT2D eigenvalue weighted by atomic mass is 9.84. The summed E-state index contributed by atoms with van der Waals surface area (Å²) >= 11 is 0. The highest BCUT2D eigenvalue weighted by Gasteiger charge is 2.39. The summed E-state index contributed by atoms with van der Waals surface area (Å²) in [6, 6.07) is 6.62. The summed E-state index contributed by atoms with van der Waals surface area (Å²) in [5.41, 5.74) is 4.31. The van der Waals surface area contributed by atoms with E-state index in [9.17, 15) is 0 Å². The SMILES string of the molecule is CCc1cccc2c(CCNC(=NC)NCC3(N4CCCCC4)CCN(C)CC3)c[nH]c12.I. The number of rotatable bonds is 7. The van der Waals surface area contributed by atoms with Crippen LogP contribution in [0.1, 0.15) is 50.2 Å². The molecule has 0 unspecified atom stereocenters. The molecular formula is C26H43IN6. The minimum atomic E-state index is 0. The van der Waals surface area contributed by atoms with Gasteiger partial charge in [-0.05, 0) is 82.9 Å². The average molecular weight is 567 g/mol. The second-order valence-corrected chi connectivity index (χ2v) is 9.69. The zero-order valence-electron chi connectivity index (χ0n) is 20.8. The normalized spacial score (nSPS) is 19.9. The predicted octanol–water partition coefficient (Wildman–Crippen LogP) is 4.01. The van der Waals surface area contributed by atoms with Gasteiger partial charge in [0.15, 0.2) is 5.96 Å². The summed E-state index contributed by atoms with van der Waals surface area (Å²) in [5.74, 6) is 0.925. The molecule has 184 valence electrons. The van der Waals surface area contributed by atoms with Crippen LogP contribution in [0.4, 0.5) is 0 Å². The van der Waals surface area contributed by atoms with Gasteiger partial charge in [0, 0.05) is 42.8 Å². The Bertz CT molecular complexity index is 893. The second-order valence-electron chi connectivity index (χ2n) is 9.69. The first-order chi connectivity index (χ1) is 15.6. The molecule has 3 heterocycles. The monoisotopic (exact) mass is 566 g/mol. The van der Waals surface area contributed by atoms with Gasteiger partial charge < -0.3 is 20.5 Å². The van der Waals surface area contributed by atoms with Crippen molar-refractivity contribution in [2.75, 3.05) is 53.4 Å². The average Bonchev–Trinajstić information content (AvgIpc) is 3.26. The van der Waals surface area contributed by atoms with Crippen LogP contribution in [0, 0.1) is 0 Å². The van der Waals surface area contributed by atoms with Gasteiger partial charge in [-0.1, -0.05) is 31.5 Å². The van der Waals surface area contributed by atoms with Crippen molar-refractivity contribution in [2.45, 2.75) is 57.4 Å².